The molecule has 0 aliphatic heterocycles. The molecule has 0 radical (unpaired) electrons. The first-order valence-electron chi connectivity index (χ1n) is 2.75. The molecule has 0 rings (SSSR count). The lowest BCUT2D eigenvalue weighted by molar-refractivity contribution is -0.109. The first-order chi connectivity index (χ1) is 3.55. The third kappa shape index (κ3) is 2.30. The van der Waals surface area contributed by atoms with Gasteiger partial charge in [0.05, 0.1) is 4.65 Å². The van der Waals surface area contributed by atoms with Crippen LogP contribution in [0.15, 0.2) is 12.2 Å². The molecule has 0 aliphatic rings. The smallest absolute Gasteiger partial charge is 0.316 e. The highest BCUT2D eigenvalue weighted by Crippen LogP contribution is 1.93. The summed E-state index contributed by atoms with van der Waals surface area (Å²) < 4.78 is 0.296. The highest BCUT2D eigenvalue weighted by Gasteiger charge is 2.13. The predicted molar refractivity (Wildman–Crippen MR) is 37.3 cm³/mol. The van der Waals surface area contributed by atoms with Crippen molar-refractivity contribution in [3.05, 3.63) is 12.2 Å². The molecular formula is C6H11AlO. The van der Waals surface area contributed by atoms with Gasteiger partial charge in [-0.3, -0.25) is 0 Å². The normalized spacial score (nSPS) is 8.38. The van der Waals surface area contributed by atoms with E-state index in [0.29, 0.717) is 10.2 Å². The van der Waals surface area contributed by atoms with Crippen LogP contribution in [0.2, 0.25) is 11.6 Å². The van der Waals surface area contributed by atoms with Crippen LogP contribution in [-0.4, -0.2) is 18.8 Å². The van der Waals surface area contributed by atoms with Crippen molar-refractivity contribution in [3.8, 4) is 0 Å². The van der Waals surface area contributed by atoms with Crippen LogP contribution in [-0.2, 0) is 4.79 Å². The van der Waals surface area contributed by atoms with Crippen molar-refractivity contribution in [2.75, 3.05) is 0 Å². The standard InChI is InChI=1S/C4H5O.2CH3.Al/c1-4(2)3-5;;;/h1H2,2H3;2*1H3;. The third-order valence-corrected chi connectivity index (χ3v) is 2.49. The van der Waals surface area contributed by atoms with Gasteiger partial charge < -0.3 is 4.79 Å². The minimum Gasteiger partial charge on any atom is -0.316 e. The van der Waals surface area contributed by atoms with Crippen molar-refractivity contribution in [2.24, 2.45) is 0 Å². The summed E-state index contributed by atoms with van der Waals surface area (Å²) in [5.41, 5.74) is 0.715. The van der Waals surface area contributed by atoms with E-state index in [4.69, 9.17) is 0 Å². The lowest BCUT2D eigenvalue weighted by atomic mass is 10.4. The van der Waals surface area contributed by atoms with Gasteiger partial charge >= 0.3 is 14.1 Å². The van der Waals surface area contributed by atoms with Crippen molar-refractivity contribution in [1.29, 1.82) is 0 Å². The molecule has 2 heteroatoms. The Bertz CT molecular complexity index is 116. The molecule has 0 aromatic carbocycles. The molecule has 0 unspecified atom stereocenters. The molecule has 0 saturated heterocycles. The average Bonchev–Trinajstić information content (AvgIpc) is 1.64. The van der Waals surface area contributed by atoms with E-state index in [2.05, 4.69) is 6.58 Å². The largest absolute Gasteiger partial charge is 0.366 e. The molecule has 1 nitrogen and oxygen atoms in total. The first kappa shape index (κ1) is 7.94. The second-order valence-electron chi connectivity index (χ2n) is 2.30. The quantitative estimate of drug-likeness (QED) is 0.404. The molecule has 0 saturated carbocycles. The molecule has 0 spiro atoms. The van der Waals surface area contributed by atoms with E-state index in [-0.39, 0.29) is 0 Å². The van der Waals surface area contributed by atoms with E-state index in [1.54, 1.807) is 6.92 Å². The van der Waals surface area contributed by atoms with Gasteiger partial charge in [0, 0.05) is 0 Å². The number of carbonyl (C=O) groups excluding carboxylic acids is 1. The number of hydrogen-bond acceptors (Lipinski definition) is 1. The fourth-order valence-corrected chi connectivity index (χ4v) is 1.48. The van der Waals surface area contributed by atoms with Gasteiger partial charge in [-0.15, -0.1) is 0 Å². The van der Waals surface area contributed by atoms with Crippen LogP contribution < -0.4 is 0 Å². The Hall–Kier alpha value is -0.0575. The van der Waals surface area contributed by atoms with Crippen LogP contribution in [0.3, 0.4) is 0 Å². The molecule has 0 aromatic heterocycles. The van der Waals surface area contributed by atoms with Crippen LogP contribution in [0.4, 0.5) is 0 Å². The Morgan fingerprint density at radius 3 is 1.88 bits per heavy atom. The molecule has 0 aliphatic carbocycles. The van der Waals surface area contributed by atoms with Gasteiger partial charge in [-0.05, 0) is 12.5 Å². The highest BCUT2D eigenvalue weighted by atomic mass is 27.2. The summed E-state index contributed by atoms with van der Waals surface area (Å²) >= 11 is -1.06. The van der Waals surface area contributed by atoms with E-state index >= 15 is 0 Å². The van der Waals surface area contributed by atoms with Gasteiger partial charge in [-0.1, -0.05) is 18.2 Å². The number of carbonyl (C=O) groups is 1. The van der Waals surface area contributed by atoms with Crippen LogP contribution >= 0.6 is 0 Å². The maximum Gasteiger partial charge on any atom is 0.366 e. The Balaban J connectivity index is 3.84. The van der Waals surface area contributed by atoms with Gasteiger partial charge in [-0.2, -0.15) is 0 Å². The average molecular weight is 126 g/mol. The third-order valence-electron chi connectivity index (χ3n) is 0.945. The van der Waals surface area contributed by atoms with Crippen LogP contribution in [0, 0.1) is 0 Å². The zero-order chi connectivity index (χ0) is 6.73. The molecule has 0 N–H and O–H groups in total. The Morgan fingerprint density at radius 2 is 1.88 bits per heavy atom. The van der Waals surface area contributed by atoms with Crippen molar-refractivity contribution in [2.45, 2.75) is 18.5 Å². The van der Waals surface area contributed by atoms with Gasteiger partial charge in [0.1, 0.15) is 0 Å². The Labute approximate surface area is 54.8 Å². The second-order valence-corrected chi connectivity index (χ2v) is 5.13. The summed E-state index contributed by atoms with van der Waals surface area (Å²) in [6, 6.07) is 0. The number of allylic oxidation sites excluding steroid dienone is 1. The number of rotatable bonds is 2. The molecule has 8 heavy (non-hydrogen) atoms. The Morgan fingerprint density at radius 1 is 1.50 bits per heavy atom. The predicted octanol–water partition coefficient (Wildman–Crippen LogP) is 1.43. The lowest BCUT2D eigenvalue weighted by Gasteiger charge is -1.94. The maximum atomic E-state index is 10.8. The fourth-order valence-electron chi connectivity index (χ4n) is 0.493. The summed E-state index contributed by atoms with van der Waals surface area (Å²) in [5.74, 6) is 4.02. The van der Waals surface area contributed by atoms with Crippen molar-refractivity contribution in [3.63, 3.8) is 0 Å². The summed E-state index contributed by atoms with van der Waals surface area (Å²) in [5, 5.41) is 0. The molecule has 0 bridgehead atoms. The van der Waals surface area contributed by atoms with Gasteiger partial charge in [0.15, 0.2) is 0 Å². The van der Waals surface area contributed by atoms with Crippen molar-refractivity contribution >= 4 is 18.8 Å². The fraction of sp³-hybridized carbons (Fsp3) is 0.500. The van der Waals surface area contributed by atoms with E-state index < -0.39 is 14.1 Å². The van der Waals surface area contributed by atoms with Crippen LogP contribution in [0.5, 0.6) is 0 Å². The van der Waals surface area contributed by atoms with Crippen molar-refractivity contribution < 1.29 is 4.79 Å². The maximum absolute atomic E-state index is 10.8. The minimum absolute atomic E-state index is 0.296. The van der Waals surface area contributed by atoms with Gasteiger partial charge in [0.2, 0.25) is 0 Å². The monoisotopic (exact) mass is 126 g/mol. The molecule has 0 atom stereocenters. The minimum atomic E-state index is -1.06. The van der Waals surface area contributed by atoms with E-state index in [0.717, 1.165) is 0 Å². The SMILES string of the molecule is C=C(C)[C](=O)[Al]([CH3])[CH3]. The zero-order valence-corrected chi connectivity index (χ0v) is 6.85. The highest BCUT2D eigenvalue weighted by molar-refractivity contribution is 6.90. The molecule has 44 valence electrons. The second kappa shape index (κ2) is 3.07. The van der Waals surface area contributed by atoms with Gasteiger partial charge in [-0.25, -0.2) is 0 Å². The summed E-state index contributed by atoms with van der Waals surface area (Å²) in [6.45, 7) is 5.33. The van der Waals surface area contributed by atoms with E-state index in [1.807, 2.05) is 11.6 Å². The molecule has 0 amide bonds. The van der Waals surface area contributed by atoms with Crippen LogP contribution in [0.1, 0.15) is 6.92 Å². The topological polar surface area (TPSA) is 17.1 Å². The first-order valence-corrected chi connectivity index (χ1v) is 5.64. The molecule has 0 aromatic rings. The Kier molecular flexibility index (Phi) is 3.04. The van der Waals surface area contributed by atoms with Crippen LogP contribution in [0.25, 0.3) is 0 Å². The zero-order valence-electron chi connectivity index (χ0n) is 5.69. The summed E-state index contributed by atoms with van der Waals surface area (Å²) in [6.07, 6.45) is 0. The van der Waals surface area contributed by atoms with E-state index in [9.17, 15) is 4.79 Å². The summed E-state index contributed by atoms with van der Waals surface area (Å²) in [7, 11) is 0. The number of hydrogen-bond donors (Lipinski definition) is 0. The van der Waals surface area contributed by atoms with Gasteiger partial charge in [0.25, 0.3) is 0 Å². The van der Waals surface area contributed by atoms with Crippen molar-refractivity contribution in [1.82, 2.24) is 0 Å². The summed E-state index contributed by atoms with van der Waals surface area (Å²) in [4.78, 5) is 10.8. The molecular weight excluding hydrogens is 115 g/mol. The van der Waals surface area contributed by atoms with E-state index in [1.165, 1.54) is 0 Å². The lowest BCUT2D eigenvalue weighted by Crippen LogP contribution is -2.17. The molecule has 0 fully saturated rings. The molecule has 0 heterocycles.